The van der Waals surface area contributed by atoms with Gasteiger partial charge in [0.15, 0.2) is 0 Å². The summed E-state index contributed by atoms with van der Waals surface area (Å²) in [5, 5.41) is 13.4. The van der Waals surface area contributed by atoms with Gasteiger partial charge in [0.25, 0.3) is 0 Å². The van der Waals surface area contributed by atoms with Crippen LogP contribution in [-0.4, -0.2) is 12.2 Å². The second kappa shape index (κ2) is 5.65. The molecule has 0 saturated carbocycles. The number of phenols is 1. The van der Waals surface area contributed by atoms with Gasteiger partial charge in [0, 0.05) is 11.6 Å². The first-order chi connectivity index (χ1) is 8.69. The second-order valence-electron chi connectivity index (χ2n) is 3.86. The van der Waals surface area contributed by atoms with Crippen molar-refractivity contribution in [3.63, 3.8) is 0 Å². The molecule has 3 nitrogen and oxygen atoms in total. The molecule has 0 aliphatic rings. The fourth-order valence-electron chi connectivity index (χ4n) is 1.59. The minimum atomic E-state index is 0.188. The Balaban J connectivity index is 2.04. The standard InChI is InChI=1S/C14H14ClNO2/c1-18-12-5-2-10(3-6-12)9-16-13-8-11(15)4-7-14(13)17/h2-8,16-17H,9H2,1H3. The van der Waals surface area contributed by atoms with Crippen molar-refractivity contribution in [1.82, 2.24) is 0 Å². The molecule has 2 aromatic carbocycles. The highest BCUT2D eigenvalue weighted by Crippen LogP contribution is 2.27. The van der Waals surface area contributed by atoms with Crippen molar-refractivity contribution in [1.29, 1.82) is 0 Å². The average molecular weight is 264 g/mol. The minimum absolute atomic E-state index is 0.188. The van der Waals surface area contributed by atoms with Gasteiger partial charge < -0.3 is 15.2 Å². The van der Waals surface area contributed by atoms with Crippen LogP contribution < -0.4 is 10.1 Å². The van der Waals surface area contributed by atoms with Gasteiger partial charge >= 0.3 is 0 Å². The van der Waals surface area contributed by atoms with E-state index in [1.807, 2.05) is 24.3 Å². The molecule has 2 aromatic rings. The number of ether oxygens (including phenoxy) is 1. The lowest BCUT2D eigenvalue weighted by Gasteiger charge is -2.09. The molecule has 0 unspecified atom stereocenters. The van der Waals surface area contributed by atoms with Crippen LogP contribution in [0.2, 0.25) is 5.02 Å². The van der Waals surface area contributed by atoms with E-state index < -0.39 is 0 Å². The normalized spacial score (nSPS) is 10.1. The lowest BCUT2D eigenvalue weighted by Crippen LogP contribution is -1.99. The van der Waals surface area contributed by atoms with Gasteiger partial charge in [-0.1, -0.05) is 23.7 Å². The van der Waals surface area contributed by atoms with Crippen molar-refractivity contribution in [2.24, 2.45) is 0 Å². The van der Waals surface area contributed by atoms with Crippen LogP contribution in [0.1, 0.15) is 5.56 Å². The van der Waals surface area contributed by atoms with Crippen molar-refractivity contribution < 1.29 is 9.84 Å². The third kappa shape index (κ3) is 3.08. The predicted molar refractivity (Wildman–Crippen MR) is 73.4 cm³/mol. The summed E-state index contributed by atoms with van der Waals surface area (Å²) >= 11 is 5.87. The fraction of sp³-hybridized carbons (Fsp3) is 0.143. The van der Waals surface area contributed by atoms with E-state index in [4.69, 9.17) is 16.3 Å². The van der Waals surface area contributed by atoms with Gasteiger partial charge in [-0.25, -0.2) is 0 Å². The van der Waals surface area contributed by atoms with E-state index in [0.29, 0.717) is 17.3 Å². The second-order valence-corrected chi connectivity index (χ2v) is 4.30. The smallest absolute Gasteiger partial charge is 0.138 e. The van der Waals surface area contributed by atoms with Crippen LogP contribution in [-0.2, 0) is 6.54 Å². The molecule has 0 spiro atoms. The molecule has 2 rings (SSSR count). The van der Waals surface area contributed by atoms with Crippen LogP contribution in [0.3, 0.4) is 0 Å². The molecule has 2 N–H and O–H groups in total. The molecule has 0 aliphatic heterocycles. The largest absolute Gasteiger partial charge is 0.506 e. The highest BCUT2D eigenvalue weighted by molar-refractivity contribution is 6.30. The maximum atomic E-state index is 9.65. The number of aromatic hydroxyl groups is 1. The van der Waals surface area contributed by atoms with E-state index in [9.17, 15) is 5.11 Å². The monoisotopic (exact) mass is 263 g/mol. The third-order valence-electron chi connectivity index (χ3n) is 2.60. The Morgan fingerprint density at radius 1 is 1.17 bits per heavy atom. The summed E-state index contributed by atoms with van der Waals surface area (Å²) in [5.41, 5.74) is 1.72. The van der Waals surface area contributed by atoms with Crippen molar-refractivity contribution in [2.75, 3.05) is 12.4 Å². The third-order valence-corrected chi connectivity index (χ3v) is 2.84. The van der Waals surface area contributed by atoms with Crippen molar-refractivity contribution in [2.45, 2.75) is 6.54 Å². The molecule has 0 amide bonds. The maximum Gasteiger partial charge on any atom is 0.138 e. The number of benzene rings is 2. The van der Waals surface area contributed by atoms with Gasteiger partial charge in [-0.3, -0.25) is 0 Å². The fourth-order valence-corrected chi connectivity index (χ4v) is 1.76. The zero-order chi connectivity index (χ0) is 13.0. The highest BCUT2D eigenvalue weighted by Gasteiger charge is 2.01. The summed E-state index contributed by atoms with van der Waals surface area (Å²) < 4.78 is 5.09. The predicted octanol–water partition coefficient (Wildman–Crippen LogP) is 3.67. The van der Waals surface area contributed by atoms with Gasteiger partial charge in [-0.2, -0.15) is 0 Å². The molecule has 18 heavy (non-hydrogen) atoms. The molecule has 0 radical (unpaired) electrons. The van der Waals surface area contributed by atoms with Crippen molar-refractivity contribution >= 4 is 17.3 Å². The molecular weight excluding hydrogens is 250 g/mol. The van der Waals surface area contributed by atoms with E-state index in [0.717, 1.165) is 11.3 Å². The molecule has 0 saturated heterocycles. The van der Waals surface area contributed by atoms with Crippen LogP contribution in [0.15, 0.2) is 42.5 Å². The molecule has 0 atom stereocenters. The van der Waals surface area contributed by atoms with E-state index in [-0.39, 0.29) is 5.75 Å². The Hall–Kier alpha value is -1.87. The number of nitrogens with one attached hydrogen (secondary N) is 1. The first-order valence-corrected chi connectivity index (χ1v) is 5.92. The molecule has 94 valence electrons. The molecule has 4 heteroatoms. The van der Waals surface area contributed by atoms with Crippen LogP contribution in [0.25, 0.3) is 0 Å². The minimum Gasteiger partial charge on any atom is -0.506 e. The van der Waals surface area contributed by atoms with Gasteiger partial charge in [-0.15, -0.1) is 0 Å². The van der Waals surface area contributed by atoms with Gasteiger partial charge in [0.05, 0.1) is 12.8 Å². The molecule has 0 aliphatic carbocycles. The van der Waals surface area contributed by atoms with Gasteiger partial charge in [0.2, 0.25) is 0 Å². The number of halogens is 1. The summed E-state index contributed by atoms with van der Waals surface area (Å²) in [6.45, 7) is 0.609. The average Bonchev–Trinajstić information content (AvgIpc) is 2.40. The van der Waals surface area contributed by atoms with E-state index in [1.54, 1.807) is 25.3 Å². The summed E-state index contributed by atoms with van der Waals surface area (Å²) in [7, 11) is 1.64. The summed E-state index contributed by atoms with van der Waals surface area (Å²) in [4.78, 5) is 0. The summed E-state index contributed by atoms with van der Waals surface area (Å²) in [6, 6.07) is 12.6. The first kappa shape index (κ1) is 12.6. The van der Waals surface area contributed by atoms with Crippen molar-refractivity contribution in [3.05, 3.63) is 53.1 Å². The molecule has 0 bridgehead atoms. The Labute approximate surface area is 111 Å². The Kier molecular flexibility index (Phi) is 3.95. The lowest BCUT2D eigenvalue weighted by atomic mass is 10.2. The molecule has 0 heterocycles. The topological polar surface area (TPSA) is 41.5 Å². The van der Waals surface area contributed by atoms with Gasteiger partial charge in [-0.05, 0) is 35.9 Å². The number of methoxy groups -OCH3 is 1. The Bertz CT molecular complexity index is 526. The van der Waals surface area contributed by atoms with Gasteiger partial charge in [0.1, 0.15) is 11.5 Å². The van der Waals surface area contributed by atoms with E-state index in [2.05, 4.69) is 5.32 Å². The summed E-state index contributed by atoms with van der Waals surface area (Å²) in [5.74, 6) is 1.01. The zero-order valence-corrected chi connectivity index (χ0v) is 10.7. The number of phenolic OH excluding ortho intramolecular Hbond substituents is 1. The van der Waals surface area contributed by atoms with Crippen LogP contribution in [0, 0.1) is 0 Å². The van der Waals surface area contributed by atoms with Crippen LogP contribution >= 0.6 is 11.6 Å². The SMILES string of the molecule is COc1ccc(CNc2cc(Cl)ccc2O)cc1. The van der Waals surface area contributed by atoms with Crippen LogP contribution in [0.4, 0.5) is 5.69 Å². The molecule has 0 fully saturated rings. The lowest BCUT2D eigenvalue weighted by molar-refractivity contribution is 0.414. The molecular formula is C14H14ClNO2. The highest BCUT2D eigenvalue weighted by atomic mass is 35.5. The molecule has 0 aromatic heterocycles. The number of rotatable bonds is 4. The number of hydrogen-bond acceptors (Lipinski definition) is 3. The van der Waals surface area contributed by atoms with Crippen molar-refractivity contribution in [3.8, 4) is 11.5 Å². The van der Waals surface area contributed by atoms with E-state index >= 15 is 0 Å². The van der Waals surface area contributed by atoms with Crippen LogP contribution in [0.5, 0.6) is 11.5 Å². The zero-order valence-electron chi connectivity index (χ0n) is 9.98. The quantitative estimate of drug-likeness (QED) is 0.827. The van der Waals surface area contributed by atoms with E-state index in [1.165, 1.54) is 0 Å². The maximum absolute atomic E-state index is 9.65. The number of anilines is 1. The Morgan fingerprint density at radius 3 is 2.56 bits per heavy atom. The first-order valence-electron chi connectivity index (χ1n) is 5.54. The number of hydrogen-bond donors (Lipinski definition) is 2. The Morgan fingerprint density at radius 2 is 1.89 bits per heavy atom. The summed E-state index contributed by atoms with van der Waals surface area (Å²) in [6.07, 6.45) is 0.